The molecule has 1 aliphatic heterocycles. The van der Waals surface area contributed by atoms with Crippen LogP contribution in [0.25, 0.3) is 22.0 Å². The van der Waals surface area contributed by atoms with Gasteiger partial charge in [-0.25, -0.2) is 0 Å². The number of H-pyrrole nitrogens is 1. The number of methoxy groups -OCH3 is 1. The van der Waals surface area contributed by atoms with Crippen LogP contribution in [0.5, 0.6) is 11.6 Å². The number of aromatic nitrogens is 2. The molecule has 5 rings (SSSR count). The van der Waals surface area contributed by atoms with E-state index in [0.717, 1.165) is 33.2 Å². The van der Waals surface area contributed by atoms with Crippen LogP contribution in [0, 0.1) is 11.3 Å². The van der Waals surface area contributed by atoms with E-state index in [2.05, 4.69) is 16.3 Å². The standard InChI is InChI=1S/C24H18N4O2/c1-29-18-12-11-14-7-5-6-10-16(14)19(18)20-17(13-25)23(26)30-24-21(20)22(27-28-24)15-8-3-2-4-9-15/h2-12,20H,26H2,1H3,(H,27,28). The molecule has 6 heteroatoms. The van der Waals surface area contributed by atoms with Gasteiger partial charge in [0, 0.05) is 5.56 Å². The Bertz CT molecular complexity index is 1330. The predicted octanol–water partition coefficient (Wildman–Crippen LogP) is 4.46. The Balaban J connectivity index is 1.87. The number of hydrogen-bond donors (Lipinski definition) is 2. The van der Waals surface area contributed by atoms with Gasteiger partial charge in [0.25, 0.3) is 0 Å². The topological polar surface area (TPSA) is 96.9 Å². The number of rotatable bonds is 3. The van der Waals surface area contributed by atoms with Crippen molar-refractivity contribution in [3.63, 3.8) is 0 Å². The van der Waals surface area contributed by atoms with Crippen molar-refractivity contribution >= 4 is 10.8 Å². The second-order valence-corrected chi connectivity index (χ2v) is 7.01. The summed E-state index contributed by atoms with van der Waals surface area (Å²) in [5.74, 6) is 0.600. The van der Waals surface area contributed by atoms with Crippen LogP contribution in [-0.4, -0.2) is 17.3 Å². The van der Waals surface area contributed by atoms with Crippen LogP contribution in [0.4, 0.5) is 0 Å². The highest BCUT2D eigenvalue weighted by Crippen LogP contribution is 2.49. The highest BCUT2D eigenvalue weighted by Gasteiger charge is 2.38. The molecule has 1 aromatic heterocycles. The molecule has 30 heavy (non-hydrogen) atoms. The molecular formula is C24H18N4O2. The minimum Gasteiger partial charge on any atom is -0.496 e. The fourth-order valence-corrected chi connectivity index (χ4v) is 4.11. The molecule has 1 unspecified atom stereocenters. The SMILES string of the molecule is COc1ccc2ccccc2c1C1C(C#N)=C(N)Oc2n[nH]c(-c3ccccc3)c21. The van der Waals surface area contributed by atoms with E-state index in [0.29, 0.717) is 17.2 Å². The van der Waals surface area contributed by atoms with Gasteiger partial charge in [0.1, 0.15) is 17.4 Å². The quantitative estimate of drug-likeness (QED) is 0.535. The first-order valence-corrected chi connectivity index (χ1v) is 9.49. The molecule has 1 atom stereocenters. The van der Waals surface area contributed by atoms with Crippen LogP contribution in [0.1, 0.15) is 17.0 Å². The Morgan fingerprint density at radius 3 is 2.57 bits per heavy atom. The number of nitriles is 1. The Morgan fingerprint density at radius 2 is 1.80 bits per heavy atom. The average Bonchev–Trinajstić information content (AvgIpc) is 3.21. The lowest BCUT2D eigenvalue weighted by atomic mass is 9.80. The molecule has 6 nitrogen and oxygen atoms in total. The molecule has 0 fully saturated rings. The van der Waals surface area contributed by atoms with Gasteiger partial charge in [0.05, 0.1) is 24.3 Å². The van der Waals surface area contributed by atoms with Gasteiger partial charge in [-0.1, -0.05) is 60.7 Å². The number of nitrogens with one attached hydrogen (secondary N) is 1. The van der Waals surface area contributed by atoms with Crippen molar-refractivity contribution in [2.24, 2.45) is 5.73 Å². The third kappa shape index (κ3) is 2.60. The summed E-state index contributed by atoms with van der Waals surface area (Å²) in [6, 6.07) is 24.0. The van der Waals surface area contributed by atoms with Crippen molar-refractivity contribution < 1.29 is 9.47 Å². The molecule has 2 heterocycles. The van der Waals surface area contributed by atoms with Gasteiger partial charge in [-0.2, -0.15) is 5.26 Å². The summed E-state index contributed by atoms with van der Waals surface area (Å²) < 4.78 is 11.5. The van der Waals surface area contributed by atoms with E-state index in [1.807, 2.05) is 66.7 Å². The summed E-state index contributed by atoms with van der Waals surface area (Å²) in [7, 11) is 1.63. The summed E-state index contributed by atoms with van der Waals surface area (Å²) in [4.78, 5) is 0. The van der Waals surface area contributed by atoms with Gasteiger partial charge in [0.15, 0.2) is 0 Å². The number of nitrogens with two attached hydrogens (primary N) is 1. The third-order valence-electron chi connectivity index (χ3n) is 5.44. The maximum Gasteiger partial charge on any atom is 0.244 e. The van der Waals surface area contributed by atoms with Gasteiger partial charge in [-0.15, -0.1) is 5.10 Å². The normalized spacial score (nSPS) is 15.4. The Morgan fingerprint density at radius 1 is 1.03 bits per heavy atom. The minimum atomic E-state index is -0.492. The molecule has 0 saturated heterocycles. The Kier molecular flexibility index (Phi) is 4.15. The molecule has 146 valence electrons. The fraction of sp³-hybridized carbons (Fsp3) is 0.0833. The van der Waals surface area contributed by atoms with E-state index in [9.17, 15) is 5.26 Å². The second kappa shape index (κ2) is 6.98. The first-order chi connectivity index (χ1) is 14.7. The first kappa shape index (κ1) is 17.8. The zero-order chi connectivity index (χ0) is 20.7. The summed E-state index contributed by atoms with van der Waals surface area (Å²) in [5.41, 5.74) is 9.83. The summed E-state index contributed by atoms with van der Waals surface area (Å²) in [6.07, 6.45) is 0. The van der Waals surface area contributed by atoms with E-state index >= 15 is 0 Å². The van der Waals surface area contributed by atoms with E-state index in [4.69, 9.17) is 15.2 Å². The molecule has 0 spiro atoms. The molecule has 0 bridgehead atoms. The van der Waals surface area contributed by atoms with Crippen LogP contribution >= 0.6 is 0 Å². The number of hydrogen-bond acceptors (Lipinski definition) is 5. The number of allylic oxidation sites excluding steroid dienone is 1. The Hall–Kier alpha value is -4.24. The maximum atomic E-state index is 10.0. The van der Waals surface area contributed by atoms with Crippen LogP contribution in [-0.2, 0) is 0 Å². The van der Waals surface area contributed by atoms with Crippen LogP contribution in [0.3, 0.4) is 0 Å². The first-order valence-electron chi connectivity index (χ1n) is 9.49. The lowest BCUT2D eigenvalue weighted by Gasteiger charge is -2.26. The van der Waals surface area contributed by atoms with Crippen molar-refractivity contribution in [3.05, 3.63) is 89.3 Å². The summed E-state index contributed by atoms with van der Waals surface area (Å²) in [5, 5.41) is 19.5. The van der Waals surface area contributed by atoms with Gasteiger partial charge in [-0.05, 0) is 22.4 Å². The van der Waals surface area contributed by atoms with E-state index < -0.39 is 5.92 Å². The number of aromatic amines is 1. The number of ether oxygens (including phenoxy) is 2. The van der Waals surface area contributed by atoms with Crippen molar-refractivity contribution in [3.8, 4) is 29.0 Å². The second-order valence-electron chi connectivity index (χ2n) is 7.01. The minimum absolute atomic E-state index is 0.0519. The molecular weight excluding hydrogens is 376 g/mol. The Labute approximate surface area is 173 Å². The molecule has 0 amide bonds. The number of benzene rings is 3. The summed E-state index contributed by atoms with van der Waals surface area (Å²) in [6.45, 7) is 0. The zero-order valence-corrected chi connectivity index (χ0v) is 16.2. The molecule has 3 aromatic carbocycles. The average molecular weight is 394 g/mol. The fourth-order valence-electron chi connectivity index (χ4n) is 4.11. The van der Waals surface area contributed by atoms with Crippen LogP contribution < -0.4 is 15.2 Å². The van der Waals surface area contributed by atoms with Crippen molar-refractivity contribution in [1.29, 1.82) is 5.26 Å². The van der Waals surface area contributed by atoms with E-state index in [1.54, 1.807) is 7.11 Å². The molecule has 1 aliphatic rings. The predicted molar refractivity (Wildman–Crippen MR) is 114 cm³/mol. The summed E-state index contributed by atoms with van der Waals surface area (Å²) >= 11 is 0. The lowest BCUT2D eigenvalue weighted by molar-refractivity contribution is 0.375. The van der Waals surface area contributed by atoms with Crippen molar-refractivity contribution in [1.82, 2.24) is 10.2 Å². The van der Waals surface area contributed by atoms with Crippen molar-refractivity contribution in [2.75, 3.05) is 7.11 Å². The third-order valence-corrected chi connectivity index (χ3v) is 5.44. The molecule has 3 N–H and O–H groups in total. The largest absolute Gasteiger partial charge is 0.496 e. The van der Waals surface area contributed by atoms with E-state index in [-0.39, 0.29) is 5.88 Å². The van der Waals surface area contributed by atoms with Gasteiger partial charge >= 0.3 is 0 Å². The lowest BCUT2D eigenvalue weighted by Crippen LogP contribution is -2.21. The molecule has 4 aromatic rings. The molecule has 0 saturated carbocycles. The van der Waals surface area contributed by atoms with Gasteiger partial charge < -0.3 is 15.2 Å². The van der Waals surface area contributed by atoms with Crippen LogP contribution in [0.15, 0.2) is 78.2 Å². The monoisotopic (exact) mass is 394 g/mol. The van der Waals surface area contributed by atoms with E-state index in [1.165, 1.54) is 0 Å². The smallest absolute Gasteiger partial charge is 0.244 e. The number of fused-ring (bicyclic) bond motifs is 2. The highest BCUT2D eigenvalue weighted by molar-refractivity contribution is 5.90. The maximum absolute atomic E-state index is 10.0. The van der Waals surface area contributed by atoms with Gasteiger partial charge in [0.2, 0.25) is 11.8 Å². The van der Waals surface area contributed by atoms with Crippen molar-refractivity contribution in [2.45, 2.75) is 5.92 Å². The number of nitrogens with zero attached hydrogens (tertiary/aromatic N) is 2. The van der Waals surface area contributed by atoms with Gasteiger partial charge in [-0.3, -0.25) is 5.10 Å². The zero-order valence-electron chi connectivity index (χ0n) is 16.2. The van der Waals surface area contributed by atoms with Crippen LogP contribution in [0.2, 0.25) is 0 Å². The highest BCUT2D eigenvalue weighted by atomic mass is 16.5. The molecule has 0 aliphatic carbocycles. The molecule has 0 radical (unpaired) electrons.